The molecule has 0 heterocycles. The number of nitrogens with zero attached hydrogens (tertiary/aromatic N) is 1. The molecule has 0 saturated heterocycles. The lowest BCUT2D eigenvalue weighted by molar-refractivity contribution is -0.156. The maximum absolute atomic E-state index is 12.1. The molecule has 20 heavy (non-hydrogen) atoms. The number of esters is 1. The van der Waals surface area contributed by atoms with E-state index in [0.717, 1.165) is 11.3 Å². The van der Waals surface area contributed by atoms with Crippen molar-refractivity contribution in [3.05, 3.63) is 29.8 Å². The Morgan fingerprint density at radius 2 is 1.95 bits per heavy atom. The molecule has 0 bridgehead atoms. The normalized spacial score (nSPS) is 24.6. The van der Waals surface area contributed by atoms with Gasteiger partial charge in [-0.1, -0.05) is 12.1 Å². The van der Waals surface area contributed by atoms with Crippen LogP contribution in [0.15, 0.2) is 24.3 Å². The van der Waals surface area contributed by atoms with Crippen LogP contribution in [0.5, 0.6) is 5.75 Å². The highest BCUT2D eigenvalue weighted by Crippen LogP contribution is 2.54. The van der Waals surface area contributed by atoms with Gasteiger partial charge in [-0.2, -0.15) is 5.26 Å². The van der Waals surface area contributed by atoms with Gasteiger partial charge in [-0.15, -0.1) is 0 Å². The highest BCUT2D eigenvalue weighted by Gasteiger charge is 2.61. The molecule has 0 amide bonds. The molecule has 2 atom stereocenters. The van der Waals surface area contributed by atoms with E-state index in [2.05, 4.69) is 6.07 Å². The second kappa shape index (κ2) is 4.82. The molecule has 0 aromatic heterocycles. The fourth-order valence-electron chi connectivity index (χ4n) is 2.32. The predicted molar refractivity (Wildman–Crippen MR) is 74.2 cm³/mol. The molecule has 4 heteroatoms. The first kappa shape index (κ1) is 14.4. The van der Waals surface area contributed by atoms with E-state index in [0.29, 0.717) is 6.42 Å². The highest BCUT2D eigenvalue weighted by molar-refractivity contribution is 5.81. The van der Waals surface area contributed by atoms with Gasteiger partial charge in [0.25, 0.3) is 0 Å². The summed E-state index contributed by atoms with van der Waals surface area (Å²) >= 11 is 0. The third-order valence-corrected chi connectivity index (χ3v) is 3.46. The zero-order valence-electron chi connectivity index (χ0n) is 12.3. The molecule has 1 aliphatic rings. The minimum Gasteiger partial charge on any atom is -0.497 e. The smallest absolute Gasteiger partial charge is 0.311 e. The first-order valence-corrected chi connectivity index (χ1v) is 6.61. The summed E-state index contributed by atoms with van der Waals surface area (Å²) < 4.78 is 10.5. The van der Waals surface area contributed by atoms with Gasteiger partial charge in [-0.25, -0.2) is 0 Å². The van der Waals surface area contributed by atoms with Crippen molar-refractivity contribution >= 4 is 5.97 Å². The molecule has 1 saturated carbocycles. The maximum atomic E-state index is 12.1. The second-order valence-corrected chi connectivity index (χ2v) is 6.10. The van der Waals surface area contributed by atoms with Crippen molar-refractivity contribution in [1.82, 2.24) is 0 Å². The lowest BCUT2D eigenvalue weighted by Gasteiger charge is -2.20. The average Bonchev–Trinajstić information content (AvgIpc) is 3.13. The summed E-state index contributed by atoms with van der Waals surface area (Å²) in [6.45, 7) is 5.48. The Balaban J connectivity index is 2.18. The quantitative estimate of drug-likeness (QED) is 0.794. The summed E-state index contributed by atoms with van der Waals surface area (Å²) in [5.41, 5.74) is -0.424. The molecule has 1 fully saturated rings. The van der Waals surface area contributed by atoms with E-state index in [1.54, 1.807) is 19.2 Å². The van der Waals surface area contributed by atoms with Crippen molar-refractivity contribution in [2.45, 2.75) is 38.2 Å². The van der Waals surface area contributed by atoms with Gasteiger partial charge >= 0.3 is 5.97 Å². The van der Waals surface area contributed by atoms with E-state index in [1.165, 1.54) is 0 Å². The molecule has 2 rings (SSSR count). The lowest BCUT2D eigenvalue weighted by atomic mass is 9.94. The summed E-state index contributed by atoms with van der Waals surface area (Å²) in [5, 5.41) is 9.47. The number of rotatable bonds is 3. The third-order valence-electron chi connectivity index (χ3n) is 3.46. The van der Waals surface area contributed by atoms with Crippen LogP contribution in [-0.4, -0.2) is 18.7 Å². The van der Waals surface area contributed by atoms with Gasteiger partial charge < -0.3 is 9.47 Å². The first-order valence-electron chi connectivity index (χ1n) is 6.61. The fourth-order valence-corrected chi connectivity index (χ4v) is 2.32. The first-order chi connectivity index (χ1) is 9.32. The van der Waals surface area contributed by atoms with Crippen molar-refractivity contribution in [3.8, 4) is 11.8 Å². The lowest BCUT2D eigenvalue weighted by Crippen LogP contribution is -2.27. The van der Waals surface area contributed by atoms with Gasteiger partial charge in [0.15, 0.2) is 0 Å². The molecule has 1 aromatic carbocycles. The van der Waals surface area contributed by atoms with Crippen LogP contribution in [0, 0.1) is 17.2 Å². The number of methoxy groups -OCH3 is 1. The van der Waals surface area contributed by atoms with E-state index in [9.17, 15) is 10.1 Å². The van der Waals surface area contributed by atoms with Crippen LogP contribution in [0.3, 0.4) is 0 Å². The van der Waals surface area contributed by atoms with E-state index in [4.69, 9.17) is 9.47 Å². The molecule has 106 valence electrons. The second-order valence-electron chi connectivity index (χ2n) is 6.10. The van der Waals surface area contributed by atoms with Gasteiger partial charge in [-0.3, -0.25) is 4.79 Å². The summed E-state index contributed by atoms with van der Waals surface area (Å²) in [6, 6.07) is 9.57. The van der Waals surface area contributed by atoms with Crippen molar-refractivity contribution in [2.24, 2.45) is 5.92 Å². The van der Waals surface area contributed by atoms with Crippen LogP contribution < -0.4 is 4.74 Å². The van der Waals surface area contributed by atoms with E-state index in [1.807, 2.05) is 32.9 Å². The molecule has 1 aliphatic carbocycles. The van der Waals surface area contributed by atoms with Crippen LogP contribution in [0.1, 0.15) is 32.8 Å². The van der Waals surface area contributed by atoms with Gasteiger partial charge in [0.2, 0.25) is 0 Å². The number of ether oxygens (including phenoxy) is 2. The van der Waals surface area contributed by atoms with Gasteiger partial charge in [0, 0.05) is 0 Å². The van der Waals surface area contributed by atoms with E-state index >= 15 is 0 Å². The SMILES string of the molecule is COc1ccc(C2(C#N)CC2C(=O)OC(C)(C)C)cc1. The Bertz CT molecular complexity index is 551. The Kier molecular flexibility index (Phi) is 3.47. The monoisotopic (exact) mass is 273 g/mol. The minimum absolute atomic E-state index is 0.296. The number of carbonyl (C=O) groups is 1. The third kappa shape index (κ3) is 2.62. The predicted octanol–water partition coefficient (Wildman–Crippen LogP) is 2.82. The molecule has 0 radical (unpaired) electrons. The Morgan fingerprint density at radius 1 is 1.35 bits per heavy atom. The molecular formula is C16H19NO3. The van der Waals surface area contributed by atoms with Gasteiger partial charge in [-0.05, 0) is 44.9 Å². The van der Waals surface area contributed by atoms with Crippen molar-refractivity contribution in [3.63, 3.8) is 0 Å². The summed E-state index contributed by atoms with van der Waals surface area (Å²) in [6.07, 6.45) is 0.519. The Hall–Kier alpha value is -2.02. The van der Waals surface area contributed by atoms with Crippen molar-refractivity contribution in [1.29, 1.82) is 5.26 Å². The fraction of sp³-hybridized carbons (Fsp3) is 0.500. The zero-order chi connectivity index (χ0) is 15.0. The Morgan fingerprint density at radius 3 is 2.40 bits per heavy atom. The van der Waals surface area contributed by atoms with Crippen LogP contribution in [0.2, 0.25) is 0 Å². The van der Waals surface area contributed by atoms with Gasteiger partial charge in [0.05, 0.1) is 24.5 Å². The zero-order valence-corrected chi connectivity index (χ0v) is 12.3. The molecule has 0 spiro atoms. The summed E-state index contributed by atoms with van der Waals surface area (Å²) in [7, 11) is 1.59. The molecule has 1 aromatic rings. The molecule has 2 unspecified atom stereocenters. The van der Waals surface area contributed by atoms with Crippen molar-refractivity contribution in [2.75, 3.05) is 7.11 Å². The van der Waals surface area contributed by atoms with Gasteiger partial charge in [0.1, 0.15) is 11.4 Å². The number of carbonyl (C=O) groups excluding carboxylic acids is 1. The molecule has 4 nitrogen and oxygen atoms in total. The minimum atomic E-state index is -0.741. The largest absolute Gasteiger partial charge is 0.497 e. The van der Waals surface area contributed by atoms with Crippen LogP contribution in [0.25, 0.3) is 0 Å². The van der Waals surface area contributed by atoms with Crippen LogP contribution in [0.4, 0.5) is 0 Å². The van der Waals surface area contributed by atoms with E-state index in [-0.39, 0.29) is 11.9 Å². The standard InChI is InChI=1S/C16H19NO3/c1-15(2,3)20-14(18)13-9-16(13,10-17)11-5-7-12(19-4)8-6-11/h5-8,13H,9H2,1-4H3. The maximum Gasteiger partial charge on any atom is 0.311 e. The Labute approximate surface area is 119 Å². The summed E-state index contributed by atoms with van der Waals surface area (Å²) in [4.78, 5) is 12.1. The average molecular weight is 273 g/mol. The number of hydrogen-bond donors (Lipinski definition) is 0. The topological polar surface area (TPSA) is 59.3 Å². The molecular weight excluding hydrogens is 254 g/mol. The van der Waals surface area contributed by atoms with Crippen LogP contribution >= 0.6 is 0 Å². The number of benzene rings is 1. The van der Waals surface area contributed by atoms with Crippen molar-refractivity contribution < 1.29 is 14.3 Å². The highest BCUT2D eigenvalue weighted by atomic mass is 16.6. The molecule has 0 N–H and O–H groups in total. The number of hydrogen-bond acceptors (Lipinski definition) is 4. The number of nitriles is 1. The molecule has 0 aliphatic heterocycles. The van der Waals surface area contributed by atoms with E-state index < -0.39 is 11.0 Å². The van der Waals surface area contributed by atoms with Crippen LogP contribution in [-0.2, 0) is 14.9 Å². The summed E-state index contributed by atoms with van der Waals surface area (Å²) in [5.74, 6) is 0.0614.